The first-order valence-electron chi connectivity index (χ1n) is 5.86. The largest absolute Gasteiger partial charge is 0.383 e. The quantitative estimate of drug-likeness (QED) is 0.564. The van der Waals surface area contributed by atoms with Gasteiger partial charge in [0.2, 0.25) is 0 Å². The number of ether oxygens (including phenoxy) is 1. The Kier molecular flexibility index (Phi) is 5.75. The summed E-state index contributed by atoms with van der Waals surface area (Å²) < 4.78 is 6.87. The number of terminal acetylenes is 1. The van der Waals surface area contributed by atoms with Crippen LogP contribution in [0.5, 0.6) is 0 Å². The minimum atomic E-state index is 0.545. The zero-order chi connectivity index (χ0) is 12.7. The number of hydrogen-bond acceptors (Lipinski definition) is 3. The van der Waals surface area contributed by atoms with Crippen molar-refractivity contribution in [3.63, 3.8) is 0 Å². The fraction of sp³-hybridized carbons (Fsp3) is 0.615. The molecule has 0 aliphatic rings. The van der Waals surface area contributed by atoms with Crippen LogP contribution in [0.15, 0.2) is 0 Å². The Labute approximate surface area is 103 Å². The Balaban J connectivity index is 2.50. The molecule has 0 fully saturated rings. The molecule has 0 aliphatic heterocycles. The van der Waals surface area contributed by atoms with Crippen molar-refractivity contribution in [3.05, 3.63) is 17.0 Å². The van der Waals surface area contributed by atoms with E-state index in [2.05, 4.69) is 23.3 Å². The molecule has 1 heterocycles. The van der Waals surface area contributed by atoms with Gasteiger partial charge in [-0.2, -0.15) is 5.10 Å². The highest BCUT2D eigenvalue weighted by Gasteiger charge is 2.09. The fourth-order valence-electron chi connectivity index (χ4n) is 1.85. The molecule has 0 bridgehead atoms. The molecule has 17 heavy (non-hydrogen) atoms. The smallest absolute Gasteiger partial charge is 0.102 e. The first-order valence-corrected chi connectivity index (χ1v) is 5.86. The molecule has 1 rings (SSSR count). The topological polar surface area (TPSA) is 39.1 Å². The Morgan fingerprint density at radius 3 is 2.82 bits per heavy atom. The SMILES string of the molecule is C#CCn1nc(C)c(CCNCCOC)c1C. The molecule has 0 saturated heterocycles. The Hall–Kier alpha value is -1.31. The monoisotopic (exact) mass is 235 g/mol. The standard InChI is InChI=1S/C13H21N3O/c1-5-9-16-12(3)13(11(2)15-16)6-7-14-8-10-17-4/h1,14H,6-10H2,2-4H3. The normalized spacial score (nSPS) is 10.5. The molecule has 0 saturated carbocycles. The van der Waals surface area contributed by atoms with E-state index in [9.17, 15) is 0 Å². The average Bonchev–Trinajstić information content (AvgIpc) is 2.56. The summed E-state index contributed by atoms with van der Waals surface area (Å²) in [6.45, 7) is 7.21. The molecule has 0 aromatic carbocycles. The summed E-state index contributed by atoms with van der Waals surface area (Å²) in [7, 11) is 1.71. The molecule has 94 valence electrons. The van der Waals surface area contributed by atoms with Crippen LogP contribution in [0.4, 0.5) is 0 Å². The van der Waals surface area contributed by atoms with Crippen molar-refractivity contribution in [1.82, 2.24) is 15.1 Å². The van der Waals surface area contributed by atoms with Crippen LogP contribution < -0.4 is 5.32 Å². The van der Waals surface area contributed by atoms with Crippen molar-refractivity contribution < 1.29 is 4.74 Å². The highest BCUT2D eigenvalue weighted by molar-refractivity contribution is 5.25. The van der Waals surface area contributed by atoms with Gasteiger partial charge in [-0.1, -0.05) is 5.92 Å². The van der Waals surface area contributed by atoms with Gasteiger partial charge < -0.3 is 10.1 Å². The van der Waals surface area contributed by atoms with Gasteiger partial charge in [0.25, 0.3) is 0 Å². The maximum absolute atomic E-state index is 5.31. The molecular formula is C13H21N3O. The maximum Gasteiger partial charge on any atom is 0.102 e. The van der Waals surface area contributed by atoms with Crippen LogP contribution in [0.2, 0.25) is 0 Å². The third-order valence-corrected chi connectivity index (χ3v) is 2.81. The van der Waals surface area contributed by atoms with Gasteiger partial charge in [0.05, 0.1) is 12.3 Å². The van der Waals surface area contributed by atoms with Crippen LogP contribution in [0.25, 0.3) is 0 Å². The van der Waals surface area contributed by atoms with Crippen molar-refractivity contribution >= 4 is 0 Å². The van der Waals surface area contributed by atoms with Crippen LogP contribution >= 0.6 is 0 Å². The second-order valence-electron chi connectivity index (χ2n) is 4.00. The van der Waals surface area contributed by atoms with Crippen LogP contribution in [-0.2, 0) is 17.7 Å². The third kappa shape index (κ3) is 3.88. The van der Waals surface area contributed by atoms with Crippen LogP contribution in [0, 0.1) is 26.2 Å². The Bertz CT molecular complexity index is 390. The van der Waals surface area contributed by atoms with E-state index < -0.39 is 0 Å². The van der Waals surface area contributed by atoms with E-state index in [1.165, 1.54) is 11.3 Å². The zero-order valence-corrected chi connectivity index (χ0v) is 10.9. The summed E-state index contributed by atoms with van der Waals surface area (Å²) in [5.41, 5.74) is 3.55. The van der Waals surface area contributed by atoms with E-state index in [0.29, 0.717) is 6.54 Å². The number of nitrogens with zero attached hydrogens (tertiary/aromatic N) is 2. The van der Waals surface area contributed by atoms with Gasteiger partial charge in [0, 0.05) is 19.3 Å². The fourth-order valence-corrected chi connectivity index (χ4v) is 1.85. The van der Waals surface area contributed by atoms with Crippen molar-refractivity contribution in [1.29, 1.82) is 0 Å². The Morgan fingerprint density at radius 1 is 1.41 bits per heavy atom. The van der Waals surface area contributed by atoms with E-state index in [1.54, 1.807) is 7.11 Å². The highest BCUT2D eigenvalue weighted by atomic mass is 16.5. The minimum Gasteiger partial charge on any atom is -0.383 e. The number of methoxy groups -OCH3 is 1. The van der Waals surface area contributed by atoms with E-state index in [1.807, 2.05) is 11.6 Å². The number of aryl methyl sites for hydroxylation is 1. The molecule has 1 aromatic rings. The van der Waals surface area contributed by atoms with Gasteiger partial charge in [-0.3, -0.25) is 4.68 Å². The summed E-state index contributed by atoms with van der Waals surface area (Å²) in [6.07, 6.45) is 6.28. The molecule has 0 aliphatic carbocycles. The number of nitrogens with one attached hydrogen (secondary N) is 1. The lowest BCUT2D eigenvalue weighted by Crippen LogP contribution is -2.22. The van der Waals surface area contributed by atoms with E-state index >= 15 is 0 Å². The van der Waals surface area contributed by atoms with Gasteiger partial charge in [-0.25, -0.2) is 0 Å². The molecule has 4 nitrogen and oxygen atoms in total. The predicted octanol–water partition coefficient (Wildman–Crippen LogP) is 0.912. The predicted molar refractivity (Wildman–Crippen MR) is 69.0 cm³/mol. The van der Waals surface area contributed by atoms with Crippen LogP contribution in [0.3, 0.4) is 0 Å². The number of hydrogen-bond donors (Lipinski definition) is 1. The Morgan fingerprint density at radius 2 is 2.18 bits per heavy atom. The third-order valence-electron chi connectivity index (χ3n) is 2.81. The lowest BCUT2D eigenvalue weighted by atomic mass is 10.1. The summed E-state index contributed by atoms with van der Waals surface area (Å²) in [5.74, 6) is 2.62. The second kappa shape index (κ2) is 7.10. The summed E-state index contributed by atoms with van der Waals surface area (Å²) in [6, 6.07) is 0. The first kappa shape index (κ1) is 13.8. The van der Waals surface area contributed by atoms with Gasteiger partial charge in [0.15, 0.2) is 0 Å². The van der Waals surface area contributed by atoms with Gasteiger partial charge in [-0.05, 0) is 32.4 Å². The average molecular weight is 235 g/mol. The number of rotatable bonds is 7. The second-order valence-corrected chi connectivity index (χ2v) is 4.00. The van der Waals surface area contributed by atoms with Crippen molar-refractivity contribution in [3.8, 4) is 12.3 Å². The molecule has 0 spiro atoms. The molecule has 0 radical (unpaired) electrons. The van der Waals surface area contributed by atoms with E-state index in [0.717, 1.165) is 31.8 Å². The lowest BCUT2D eigenvalue weighted by molar-refractivity contribution is 0.199. The molecule has 1 N–H and O–H groups in total. The summed E-state index contributed by atoms with van der Waals surface area (Å²) >= 11 is 0. The summed E-state index contributed by atoms with van der Waals surface area (Å²) in [5, 5.41) is 7.76. The lowest BCUT2D eigenvalue weighted by Gasteiger charge is -2.05. The van der Waals surface area contributed by atoms with Crippen LogP contribution in [-0.4, -0.2) is 36.6 Å². The van der Waals surface area contributed by atoms with E-state index in [4.69, 9.17) is 11.2 Å². The first-order chi connectivity index (χ1) is 8.20. The van der Waals surface area contributed by atoms with Gasteiger partial charge in [-0.15, -0.1) is 6.42 Å². The molecule has 0 amide bonds. The van der Waals surface area contributed by atoms with Crippen LogP contribution in [0.1, 0.15) is 17.0 Å². The highest BCUT2D eigenvalue weighted by Crippen LogP contribution is 2.12. The van der Waals surface area contributed by atoms with E-state index in [-0.39, 0.29) is 0 Å². The summed E-state index contributed by atoms with van der Waals surface area (Å²) in [4.78, 5) is 0. The maximum atomic E-state index is 5.31. The van der Waals surface area contributed by atoms with Gasteiger partial charge >= 0.3 is 0 Å². The molecular weight excluding hydrogens is 214 g/mol. The molecule has 0 unspecified atom stereocenters. The van der Waals surface area contributed by atoms with Crippen molar-refractivity contribution in [2.24, 2.45) is 0 Å². The van der Waals surface area contributed by atoms with Crippen molar-refractivity contribution in [2.45, 2.75) is 26.8 Å². The number of aromatic nitrogens is 2. The molecule has 4 heteroatoms. The minimum absolute atomic E-state index is 0.545. The zero-order valence-electron chi connectivity index (χ0n) is 10.9. The van der Waals surface area contributed by atoms with Gasteiger partial charge in [0.1, 0.15) is 6.54 Å². The van der Waals surface area contributed by atoms with Crippen molar-refractivity contribution in [2.75, 3.05) is 26.8 Å². The molecule has 0 atom stereocenters. The molecule has 1 aromatic heterocycles.